The molecule has 0 saturated heterocycles. The number of aromatic nitrogens is 2. The van der Waals surface area contributed by atoms with E-state index in [-0.39, 0.29) is 29.5 Å². The standard InChI is InChI=1S/C27H32N4O3/c1-18(2)15-26(33)29-21-11-12-22(25(32)16-21)23-17-24(20-9-6-10-20)31(30-23)27(34)28-14-13-19-7-4-3-5-8-19/h3-5,7-8,11-12,16-18,20,32H,6,9-10,13-15H2,1-2H3,(H,28,34)(H,29,33). The van der Waals surface area contributed by atoms with Crippen LogP contribution in [0.4, 0.5) is 10.5 Å². The van der Waals surface area contributed by atoms with Crippen molar-refractivity contribution in [1.82, 2.24) is 15.1 Å². The Balaban J connectivity index is 1.50. The second-order valence-electron chi connectivity index (χ2n) is 9.34. The molecule has 0 radical (unpaired) electrons. The lowest BCUT2D eigenvalue weighted by Gasteiger charge is -2.25. The Morgan fingerprint density at radius 3 is 2.53 bits per heavy atom. The molecule has 1 fully saturated rings. The number of carbonyl (C=O) groups is 2. The minimum absolute atomic E-state index is 0.0108. The number of anilines is 1. The van der Waals surface area contributed by atoms with Gasteiger partial charge in [0.15, 0.2) is 0 Å². The zero-order valence-corrected chi connectivity index (χ0v) is 19.8. The second kappa shape index (κ2) is 10.5. The van der Waals surface area contributed by atoms with E-state index in [1.165, 1.54) is 10.7 Å². The number of rotatable bonds is 8. The average molecular weight is 461 g/mol. The third-order valence-corrected chi connectivity index (χ3v) is 6.14. The Labute approximate surface area is 200 Å². The van der Waals surface area contributed by atoms with Crippen molar-refractivity contribution >= 4 is 17.6 Å². The maximum atomic E-state index is 13.0. The molecule has 0 unspecified atom stereocenters. The fraction of sp³-hybridized carbons (Fsp3) is 0.370. The van der Waals surface area contributed by atoms with Gasteiger partial charge in [-0.25, -0.2) is 4.79 Å². The van der Waals surface area contributed by atoms with Gasteiger partial charge < -0.3 is 15.7 Å². The minimum atomic E-state index is -0.263. The molecule has 0 spiro atoms. The van der Waals surface area contributed by atoms with E-state index < -0.39 is 0 Å². The lowest BCUT2D eigenvalue weighted by atomic mass is 9.82. The Morgan fingerprint density at radius 2 is 1.88 bits per heavy atom. The molecular weight excluding hydrogens is 428 g/mol. The molecule has 2 amide bonds. The predicted molar refractivity (Wildman–Crippen MR) is 133 cm³/mol. The molecule has 7 nitrogen and oxygen atoms in total. The summed E-state index contributed by atoms with van der Waals surface area (Å²) in [5, 5.41) is 21.0. The third kappa shape index (κ3) is 5.65. The molecule has 3 aromatic rings. The summed E-state index contributed by atoms with van der Waals surface area (Å²) in [7, 11) is 0. The lowest BCUT2D eigenvalue weighted by molar-refractivity contribution is -0.116. The minimum Gasteiger partial charge on any atom is -0.507 e. The molecule has 178 valence electrons. The largest absolute Gasteiger partial charge is 0.507 e. The second-order valence-corrected chi connectivity index (χ2v) is 9.34. The molecule has 7 heteroatoms. The molecule has 1 aliphatic carbocycles. The number of amides is 2. The Morgan fingerprint density at radius 1 is 1.12 bits per heavy atom. The van der Waals surface area contributed by atoms with Crippen LogP contribution in [0, 0.1) is 5.92 Å². The Hall–Kier alpha value is -3.61. The molecule has 34 heavy (non-hydrogen) atoms. The zero-order valence-electron chi connectivity index (χ0n) is 19.8. The van der Waals surface area contributed by atoms with Gasteiger partial charge in [-0.3, -0.25) is 4.79 Å². The van der Waals surface area contributed by atoms with Gasteiger partial charge in [-0.15, -0.1) is 0 Å². The highest BCUT2D eigenvalue weighted by Crippen LogP contribution is 2.39. The number of nitrogens with one attached hydrogen (secondary N) is 2. The van der Waals surface area contributed by atoms with Crippen molar-refractivity contribution in [2.24, 2.45) is 5.92 Å². The van der Waals surface area contributed by atoms with Crippen LogP contribution in [0.3, 0.4) is 0 Å². The number of hydrogen-bond donors (Lipinski definition) is 3. The van der Waals surface area contributed by atoms with Crippen LogP contribution in [0.15, 0.2) is 54.6 Å². The summed E-state index contributed by atoms with van der Waals surface area (Å²) in [5.41, 5.74) is 3.63. The van der Waals surface area contributed by atoms with E-state index in [1.807, 2.05) is 50.2 Å². The highest BCUT2D eigenvalue weighted by Gasteiger charge is 2.27. The van der Waals surface area contributed by atoms with Crippen LogP contribution in [0.5, 0.6) is 5.75 Å². The van der Waals surface area contributed by atoms with Crippen molar-refractivity contribution in [2.45, 2.75) is 51.9 Å². The monoisotopic (exact) mass is 460 g/mol. The van der Waals surface area contributed by atoms with Gasteiger partial charge in [0.25, 0.3) is 0 Å². The van der Waals surface area contributed by atoms with Crippen LogP contribution in [0.1, 0.15) is 56.7 Å². The van der Waals surface area contributed by atoms with Gasteiger partial charge in [-0.2, -0.15) is 9.78 Å². The maximum Gasteiger partial charge on any atom is 0.342 e. The van der Waals surface area contributed by atoms with E-state index in [0.29, 0.717) is 29.9 Å². The number of phenols is 1. The summed E-state index contributed by atoms with van der Waals surface area (Å²) in [4.78, 5) is 25.0. The molecule has 1 aromatic heterocycles. The first kappa shape index (κ1) is 23.5. The summed E-state index contributed by atoms with van der Waals surface area (Å²) in [6.07, 6.45) is 4.34. The summed E-state index contributed by atoms with van der Waals surface area (Å²) in [6.45, 7) is 4.47. The Kier molecular flexibility index (Phi) is 7.30. The first-order chi connectivity index (χ1) is 16.4. The van der Waals surface area contributed by atoms with Crippen molar-refractivity contribution in [1.29, 1.82) is 0 Å². The number of phenolic OH excluding ortho intramolecular Hbond substituents is 1. The number of hydrogen-bond acceptors (Lipinski definition) is 4. The summed E-state index contributed by atoms with van der Waals surface area (Å²) < 4.78 is 1.45. The van der Waals surface area contributed by atoms with Crippen LogP contribution >= 0.6 is 0 Å². The molecule has 4 rings (SSSR count). The fourth-order valence-electron chi connectivity index (χ4n) is 4.13. The smallest absolute Gasteiger partial charge is 0.342 e. The van der Waals surface area contributed by atoms with E-state index in [2.05, 4.69) is 15.7 Å². The molecule has 1 heterocycles. The van der Waals surface area contributed by atoms with E-state index in [1.54, 1.807) is 12.1 Å². The zero-order chi connectivity index (χ0) is 24.1. The summed E-state index contributed by atoms with van der Waals surface area (Å²) in [5.74, 6) is 0.459. The van der Waals surface area contributed by atoms with Crippen molar-refractivity contribution in [3.63, 3.8) is 0 Å². The number of aromatic hydroxyl groups is 1. The van der Waals surface area contributed by atoms with Gasteiger partial charge in [0, 0.05) is 36.2 Å². The molecule has 0 bridgehead atoms. The van der Waals surface area contributed by atoms with E-state index >= 15 is 0 Å². The van der Waals surface area contributed by atoms with Gasteiger partial charge >= 0.3 is 6.03 Å². The maximum absolute atomic E-state index is 13.0. The van der Waals surface area contributed by atoms with E-state index in [0.717, 1.165) is 36.9 Å². The van der Waals surface area contributed by atoms with Gasteiger partial charge in [0.2, 0.25) is 5.91 Å². The van der Waals surface area contributed by atoms with Gasteiger partial charge in [0.05, 0.1) is 11.4 Å². The topological polar surface area (TPSA) is 96.3 Å². The van der Waals surface area contributed by atoms with Crippen molar-refractivity contribution in [3.05, 3.63) is 65.9 Å². The first-order valence-corrected chi connectivity index (χ1v) is 12.0. The normalized spacial score (nSPS) is 13.5. The van der Waals surface area contributed by atoms with Crippen molar-refractivity contribution in [3.8, 4) is 17.0 Å². The SMILES string of the molecule is CC(C)CC(=O)Nc1ccc(-c2cc(C3CCC3)n(C(=O)NCCc3ccccc3)n2)c(O)c1. The van der Waals surface area contributed by atoms with Crippen molar-refractivity contribution in [2.75, 3.05) is 11.9 Å². The van der Waals surface area contributed by atoms with Crippen LogP contribution in [-0.4, -0.2) is 33.4 Å². The fourth-order valence-corrected chi connectivity index (χ4v) is 4.13. The van der Waals surface area contributed by atoms with Crippen LogP contribution in [-0.2, 0) is 11.2 Å². The molecule has 1 aliphatic rings. The molecule has 1 saturated carbocycles. The molecule has 0 atom stereocenters. The van der Waals surface area contributed by atoms with Gasteiger partial charge in [-0.1, -0.05) is 50.6 Å². The van der Waals surface area contributed by atoms with Crippen LogP contribution in [0.25, 0.3) is 11.3 Å². The van der Waals surface area contributed by atoms with Crippen molar-refractivity contribution < 1.29 is 14.7 Å². The summed E-state index contributed by atoms with van der Waals surface area (Å²) >= 11 is 0. The highest BCUT2D eigenvalue weighted by molar-refractivity contribution is 5.91. The first-order valence-electron chi connectivity index (χ1n) is 12.0. The quantitative estimate of drug-likeness (QED) is 0.425. The third-order valence-electron chi connectivity index (χ3n) is 6.14. The summed E-state index contributed by atoms with van der Waals surface area (Å²) in [6, 6.07) is 16.6. The van der Waals surface area contributed by atoms with Gasteiger partial charge in [-0.05, 0) is 48.9 Å². The molecular formula is C27H32N4O3. The van der Waals surface area contributed by atoms with Crippen LogP contribution < -0.4 is 10.6 Å². The molecule has 0 aliphatic heterocycles. The number of carbonyl (C=O) groups excluding carboxylic acids is 2. The lowest BCUT2D eigenvalue weighted by Crippen LogP contribution is -2.33. The van der Waals surface area contributed by atoms with Crippen LogP contribution in [0.2, 0.25) is 0 Å². The number of nitrogens with zero attached hydrogens (tertiary/aromatic N) is 2. The van der Waals surface area contributed by atoms with Gasteiger partial charge in [0.1, 0.15) is 5.75 Å². The highest BCUT2D eigenvalue weighted by atomic mass is 16.3. The number of benzene rings is 2. The predicted octanol–water partition coefficient (Wildman–Crippen LogP) is 5.31. The van der Waals surface area contributed by atoms with E-state index in [4.69, 9.17) is 0 Å². The van der Waals surface area contributed by atoms with E-state index in [9.17, 15) is 14.7 Å². The average Bonchev–Trinajstić information content (AvgIpc) is 3.17. The molecule has 2 aromatic carbocycles. The molecule has 3 N–H and O–H groups in total. The Bertz CT molecular complexity index is 1150.